The number of hydrogen-bond acceptors (Lipinski definition) is 3. The van der Waals surface area contributed by atoms with Crippen molar-refractivity contribution < 1.29 is 9.53 Å². The molecule has 1 amide bonds. The van der Waals surface area contributed by atoms with Gasteiger partial charge in [0.1, 0.15) is 18.0 Å². The molecule has 0 saturated carbocycles. The Morgan fingerprint density at radius 3 is 2.83 bits per heavy atom. The quantitative estimate of drug-likeness (QED) is 0.712. The normalized spacial score (nSPS) is 10.4. The van der Waals surface area contributed by atoms with Crippen molar-refractivity contribution in [1.29, 1.82) is 0 Å². The number of aromatic nitrogens is 2. The molecule has 5 nitrogen and oxygen atoms in total. The van der Waals surface area contributed by atoms with E-state index in [1.807, 2.05) is 35.0 Å². The smallest absolute Gasteiger partial charge is 0.251 e. The van der Waals surface area contributed by atoms with Gasteiger partial charge in [0.15, 0.2) is 0 Å². The third kappa shape index (κ3) is 3.58. The molecule has 0 aliphatic carbocycles. The van der Waals surface area contributed by atoms with Crippen molar-refractivity contribution in [2.24, 2.45) is 0 Å². The first kappa shape index (κ1) is 14.8. The minimum atomic E-state index is -0.141. The molecule has 1 N–H and O–H groups in total. The molecule has 0 atom stereocenters. The second-order valence-corrected chi connectivity index (χ2v) is 5.01. The fourth-order valence-electron chi connectivity index (χ4n) is 2.20. The van der Waals surface area contributed by atoms with Crippen LogP contribution in [-0.4, -0.2) is 21.9 Å². The van der Waals surface area contributed by atoms with Crippen LogP contribution in [0.1, 0.15) is 16.1 Å². The van der Waals surface area contributed by atoms with E-state index in [0.717, 1.165) is 11.3 Å². The van der Waals surface area contributed by atoms with Crippen LogP contribution in [0.15, 0.2) is 67.5 Å². The monoisotopic (exact) mass is 307 g/mol. The summed E-state index contributed by atoms with van der Waals surface area (Å²) in [6.45, 7) is 4.42. The molecule has 0 saturated heterocycles. The van der Waals surface area contributed by atoms with Crippen LogP contribution in [0.2, 0.25) is 0 Å². The Morgan fingerprint density at radius 2 is 2.09 bits per heavy atom. The molecule has 0 spiro atoms. The van der Waals surface area contributed by atoms with Gasteiger partial charge in [0.05, 0.1) is 12.2 Å². The number of amides is 1. The van der Waals surface area contributed by atoms with Crippen molar-refractivity contribution in [3.63, 3.8) is 0 Å². The SMILES string of the molecule is C=CCOc1ccc(C(=O)NCc2cn3ccccc3n2)cc1. The lowest BCUT2D eigenvalue weighted by Gasteiger charge is -2.05. The van der Waals surface area contributed by atoms with E-state index in [0.29, 0.717) is 24.5 Å². The van der Waals surface area contributed by atoms with Gasteiger partial charge >= 0.3 is 0 Å². The minimum Gasteiger partial charge on any atom is -0.490 e. The highest BCUT2D eigenvalue weighted by Crippen LogP contribution is 2.12. The topological polar surface area (TPSA) is 55.6 Å². The van der Waals surface area contributed by atoms with Crippen LogP contribution in [0.4, 0.5) is 0 Å². The van der Waals surface area contributed by atoms with E-state index < -0.39 is 0 Å². The summed E-state index contributed by atoms with van der Waals surface area (Å²) in [6, 6.07) is 12.8. The lowest BCUT2D eigenvalue weighted by molar-refractivity contribution is 0.0950. The maximum absolute atomic E-state index is 12.2. The summed E-state index contributed by atoms with van der Waals surface area (Å²) in [5.74, 6) is 0.569. The molecule has 116 valence electrons. The maximum Gasteiger partial charge on any atom is 0.251 e. The van der Waals surface area contributed by atoms with Gasteiger partial charge in [0, 0.05) is 18.0 Å². The van der Waals surface area contributed by atoms with E-state index in [4.69, 9.17) is 4.74 Å². The summed E-state index contributed by atoms with van der Waals surface area (Å²) in [6.07, 6.45) is 5.51. The summed E-state index contributed by atoms with van der Waals surface area (Å²) in [5, 5.41) is 2.87. The molecule has 0 bridgehead atoms. The second kappa shape index (κ2) is 6.79. The average molecular weight is 307 g/mol. The lowest BCUT2D eigenvalue weighted by atomic mass is 10.2. The van der Waals surface area contributed by atoms with Crippen LogP contribution >= 0.6 is 0 Å². The van der Waals surface area contributed by atoms with Crippen LogP contribution in [-0.2, 0) is 6.54 Å². The molecule has 5 heteroatoms. The number of imidazole rings is 1. The van der Waals surface area contributed by atoms with Gasteiger partial charge in [-0.15, -0.1) is 0 Å². The van der Waals surface area contributed by atoms with Crippen molar-refractivity contribution in [1.82, 2.24) is 14.7 Å². The van der Waals surface area contributed by atoms with Gasteiger partial charge in [-0.05, 0) is 36.4 Å². The second-order valence-electron chi connectivity index (χ2n) is 5.01. The molecule has 0 unspecified atom stereocenters. The third-order valence-corrected chi connectivity index (χ3v) is 3.33. The van der Waals surface area contributed by atoms with Crippen LogP contribution in [0.5, 0.6) is 5.75 Å². The Morgan fingerprint density at radius 1 is 1.26 bits per heavy atom. The molecule has 23 heavy (non-hydrogen) atoms. The number of carbonyl (C=O) groups excluding carboxylic acids is 1. The number of pyridine rings is 1. The van der Waals surface area contributed by atoms with Gasteiger partial charge in [-0.2, -0.15) is 0 Å². The standard InChI is InChI=1S/C18H17N3O2/c1-2-11-23-16-8-6-14(7-9-16)18(22)19-12-15-13-21-10-4-3-5-17(21)20-15/h2-10,13H,1,11-12H2,(H,19,22). The zero-order valence-corrected chi connectivity index (χ0v) is 12.6. The molecule has 1 aromatic carbocycles. The number of benzene rings is 1. The van der Waals surface area contributed by atoms with Gasteiger partial charge < -0.3 is 14.5 Å². The summed E-state index contributed by atoms with van der Waals surface area (Å²) >= 11 is 0. The van der Waals surface area contributed by atoms with Crippen LogP contribution < -0.4 is 10.1 Å². The van der Waals surface area contributed by atoms with Crippen molar-refractivity contribution in [3.05, 3.63) is 78.8 Å². The molecule has 0 aliphatic rings. The summed E-state index contributed by atoms with van der Waals surface area (Å²) in [4.78, 5) is 16.6. The minimum absolute atomic E-state index is 0.141. The highest BCUT2D eigenvalue weighted by Gasteiger charge is 2.07. The fraction of sp³-hybridized carbons (Fsp3) is 0.111. The first-order chi connectivity index (χ1) is 11.3. The molecular weight excluding hydrogens is 290 g/mol. The molecule has 0 aliphatic heterocycles. The Balaban J connectivity index is 1.61. The average Bonchev–Trinajstić information content (AvgIpc) is 3.01. The number of nitrogens with one attached hydrogen (secondary N) is 1. The largest absolute Gasteiger partial charge is 0.490 e. The molecule has 0 radical (unpaired) electrons. The highest BCUT2D eigenvalue weighted by molar-refractivity contribution is 5.94. The Bertz CT molecular complexity index is 789. The number of carbonyl (C=O) groups is 1. The highest BCUT2D eigenvalue weighted by atomic mass is 16.5. The van der Waals surface area contributed by atoms with Gasteiger partial charge in [-0.25, -0.2) is 4.98 Å². The zero-order chi connectivity index (χ0) is 16.1. The summed E-state index contributed by atoms with van der Waals surface area (Å²) < 4.78 is 7.31. The summed E-state index contributed by atoms with van der Waals surface area (Å²) in [5.41, 5.74) is 2.26. The third-order valence-electron chi connectivity index (χ3n) is 3.33. The van der Waals surface area contributed by atoms with Gasteiger partial charge in [0.25, 0.3) is 5.91 Å². The van der Waals surface area contributed by atoms with Gasteiger partial charge in [0.2, 0.25) is 0 Å². The van der Waals surface area contributed by atoms with Crippen molar-refractivity contribution in [2.45, 2.75) is 6.54 Å². The molecule has 3 aromatic rings. The number of rotatable bonds is 6. The van der Waals surface area contributed by atoms with Gasteiger partial charge in [-0.1, -0.05) is 18.7 Å². The van der Waals surface area contributed by atoms with E-state index >= 15 is 0 Å². The van der Waals surface area contributed by atoms with Crippen LogP contribution in [0, 0.1) is 0 Å². The van der Waals surface area contributed by atoms with E-state index in [9.17, 15) is 4.79 Å². The van der Waals surface area contributed by atoms with Crippen molar-refractivity contribution in [3.8, 4) is 5.75 Å². The van der Waals surface area contributed by atoms with E-state index in [-0.39, 0.29) is 5.91 Å². The maximum atomic E-state index is 12.2. The Labute approximate surface area is 134 Å². The summed E-state index contributed by atoms with van der Waals surface area (Å²) in [7, 11) is 0. The first-order valence-corrected chi connectivity index (χ1v) is 7.31. The molecule has 2 heterocycles. The molecule has 0 fully saturated rings. The van der Waals surface area contributed by atoms with Crippen LogP contribution in [0.25, 0.3) is 5.65 Å². The predicted molar refractivity (Wildman–Crippen MR) is 88.5 cm³/mol. The van der Waals surface area contributed by atoms with E-state index in [2.05, 4.69) is 16.9 Å². The molecule has 2 aromatic heterocycles. The number of fused-ring (bicyclic) bond motifs is 1. The van der Waals surface area contributed by atoms with E-state index in [1.165, 1.54) is 0 Å². The Kier molecular flexibility index (Phi) is 4.38. The van der Waals surface area contributed by atoms with Gasteiger partial charge in [-0.3, -0.25) is 4.79 Å². The number of ether oxygens (including phenoxy) is 1. The lowest BCUT2D eigenvalue weighted by Crippen LogP contribution is -2.22. The molecular formula is C18H17N3O2. The predicted octanol–water partition coefficient (Wildman–Crippen LogP) is 2.83. The number of hydrogen-bond donors (Lipinski definition) is 1. The van der Waals surface area contributed by atoms with E-state index in [1.54, 1.807) is 30.3 Å². The van der Waals surface area contributed by atoms with Crippen LogP contribution in [0.3, 0.4) is 0 Å². The van der Waals surface area contributed by atoms with Crippen molar-refractivity contribution >= 4 is 11.6 Å². The fourth-order valence-corrected chi connectivity index (χ4v) is 2.20. The Hall–Kier alpha value is -3.08. The zero-order valence-electron chi connectivity index (χ0n) is 12.6. The molecule has 3 rings (SSSR count). The van der Waals surface area contributed by atoms with Crippen molar-refractivity contribution in [2.75, 3.05) is 6.61 Å². The first-order valence-electron chi connectivity index (χ1n) is 7.31. The number of nitrogens with zero attached hydrogens (tertiary/aromatic N) is 2.